The second-order valence-corrected chi connectivity index (χ2v) is 13.6. The van der Waals surface area contributed by atoms with Gasteiger partial charge in [0, 0.05) is 12.3 Å². The number of Topliss-reactive ketones (excluding diaryl/α,β-unsaturated/α-hetero) is 1. The van der Waals surface area contributed by atoms with Crippen molar-refractivity contribution in [3.8, 4) is 0 Å². The number of hydrogen-bond donors (Lipinski definition) is 1. The van der Waals surface area contributed by atoms with Crippen LogP contribution in [0.4, 0.5) is 0 Å². The van der Waals surface area contributed by atoms with Gasteiger partial charge in [0.1, 0.15) is 5.78 Å². The standard InChI is InChI=1S/C30H50O2/c1-20(19-31)9-8-10-21(2)23-13-16-30(7)26-14-15-27(4)22(3)24(32)11-12-25(27)28(26,5)17-18-29(23,30)6/h9,21-23,25-26,31H,8,10-19H2,1-7H3/b20-9+/t21-,22+,23+,25+,26-,27-,28+,29+,30-/m1/s1. The van der Waals surface area contributed by atoms with Gasteiger partial charge in [0.15, 0.2) is 0 Å². The molecule has 0 spiro atoms. The molecule has 0 radical (unpaired) electrons. The van der Waals surface area contributed by atoms with Crippen LogP contribution in [-0.4, -0.2) is 17.5 Å². The molecule has 32 heavy (non-hydrogen) atoms. The second kappa shape index (κ2) is 8.24. The van der Waals surface area contributed by atoms with Crippen LogP contribution >= 0.6 is 0 Å². The SMILES string of the molecule is C/C(=C\CC[C@@H](C)[C@@H]1CC[C@]2(C)[C@@H]3CC[C@@]4(C)[C@H](CCC(=O)[C@@H]4C)[C@]3(C)CC[C@@]12C)CO. The molecule has 4 fully saturated rings. The average Bonchev–Trinajstić information content (AvgIpc) is 3.02. The molecule has 0 aromatic rings. The van der Waals surface area contributed by atoms with Crippen LogP contribution in [0.1, 0.15) is 113 Å². The zero-order valence-corrected chi connectivity index (χ0v) is 22.1. The zero-order valence-electron chi connectivity index (χ0n) is 22.1. The van der Waals surface area contributed by atoms with E-state index in [1.807, 2.05) is 6.92 Å². The van der Waals surface area contributed by atoms with Gasteiger partial charge in [0.2, 0.25) is 0 Å². The molecular weight excluding hydrogens is 392 g/mol. The molecule has 9 atom stereocenters. The number of aliphatic hydroxyl groups excluding tert-OH is 1. The van der Waals surface area contributed by atoms with Crippen molar-refractivity contribution in [2.24, 2.45) is 51.2 Å². The van der Waals surface area contributed by atoms with Crippen LogP contribution in [0, 0.1) is 51.2 Å². The van der Waals surface area contributed by atoms with Gasteiger partial charge in [-0.2, -0.15) is 0 Å². The molecule has 182 valence electrons. The molecule has 0 aromatic heterocycles. The van der Waals surface area contributed by atoms with Crippen LogP contribution < -0.4 is 0 Å². The van der Waals surface area contributed by atoms with Crippen molar-refractivity contribution in [1.82, 2.24) is 0 Å². The van der Waals surface area contributed by atoms with Gasteiger partial charge in [0.05, 0.1) is 6.61 Å². The van der Waals surface area contributed by atoms with Crippen LogP contribution in [0.2, 0.25) is 0 Å². The van der Waals surface area contributed by atoms with Gasteiger partial charge in [-0.05, 0) is 110 Å². The monoisotopic (exact) mass is 442 g/mol. The lowest BCUT2D eigenvalue weighted by atomic mass is 9.35. The predicted molar refractivity (Wildman–Crippen MR) is 133 cm³/mol. The Labute approximate surface area is 198 Å². The lowest BCUT2D eigenvalue weighted by molar-refractivity contribution is -0.202. The highest BCUT2D eigenvalue weighted by atomic mass is 16.3. The number of hydrogen-bond acceptors (Lipinski definition) is 2. The fraction of sp³-hybridized carbons (Fsp3) is 0.900. The van der Waals surface area contributed by atoms with E-state index in [0.717, 1.165) is 42.6 Å². The van der Waals surface area contributed by atoms with Crippen LogP contribution in [0.15, 0.2) is 11.6 Å². The number of aliphatic hydroxyl groups is 1. The fourth-order valence-electron chi connectivity index (χ4n) is 10.2. The molecule has 0 bridgehead atoms. The third-order valence-corrected chi connectivity index (χ3v) is 12.6. The molecule has 0 aliphatic heterocycles. The minimum absolute atomic E-state index is 0.193. The van der Waals surface area contributed by atoms with E-state index in [0.29, 0.717) is 27.9 Å². The Bertz CT molecular complexity index is 769. The van der Waals surface area contributed by atoms with Crippen molar-refractivity contribution in [2.75, 3.05) is 6.61 Å². The molecular formula is C30H50O2. The summed E-state index contributed by atoms with van der Waals surface area (Å²) in [4.78, 5) is 12.7. The number of fused-ring (bicyclic) bond motifs is 5. The Morgan fingerprint density at radius 1 is 1.00 bits per heavy atom. The highest BCUT2D eigenvalue weighted by Gasteiger charge is 2.69. The molecule has 4 saturated carbocycles. The lowest BCUT2D eigenvalue weighted by Crippen LogP contribution is -2.62. The van der Waals surface area contributed by atoms with Gasteiger partial charge in [0.25, 0.3) is 0 Å². The summed E-state index contributed by atoms with van der Waals surface area (Å²) in [5, 5.41) is 9.32. The first-order valence-corrected chi connectivity index (χ1v) is 13.7. The van der Waals surface area contributed by atoms with Crippen LogP contribution in [-0.2, 0) is 4.79 Å². The van der Waals surface area contributed by atoms with Crippen molar-refractivity contribution >= 4 is 5.78 Å². The first-order valence-electron chi connectivity index (χ1n) is 13.7. The maximum absolute atomic E-state index is 12.7. The molecule has 0 saturated heterocycles. The number of ketones is 1. The number of carbonyl (C=O) groups is 1. The lowest BCUT2D eigenvalue weighted by Gasteiger charge is -2.69. The highest BCUT2D eigenvalue weighted by Crippen LogP contribution is 2.76. The van der Waals surface area contributed by atoms with Gasteiger partial charge in [-0.1, -0.05) is 53.2 Å². The van der Waals surface area contributed by atoms with Gasteiger partial charge in [-0.15, -0.1) is 0 Å². The number of rotatable bonds is 5. The number of allylic oxidation sites excluding steroid dienone is 1. The third-order valence-electron chi connectivity index (χ3n) is 12.6. The summed E-state index contributed by atoms with van der Waals surface area (Å²) in [6.07, 6.45) is 14.6. The molecule has 0 aromatic carbocycles. The van der Waals surface area contributed by atoms with E-state index >= 15 is 0 Å². The van der Waals surface area contributed by atoms with Crippen molar-refractivity contribution < 1.29 is 9.90 Å². The topological polar surface area (TPSA) is 37.3 Å². The number of carbonyl (C=O) groups excluding carboxylic acids is 1. The molecule has 1 N–H and O–H groups in total. The second-order valence-electron chi connectivity index (χ2n) is 13.6. The predicted octanol–water partition coefficient (Wildman–Crippen LogP) is 7.60. The van der Waals surface area contributed by atoms with E-state index in [1.54, 1.807) is 0 Å². The fourth-order valence-corrected chi connectivity index (χ4v) is 10.2. The molecule has 4 aliphatic rings. The van der Waals surface area contributed by atoms with Crippen molar-refractivity contribution in [3.05, 3.63) is 11.6 Å². The molecule has 2 heteroatoms. The molecule has 0 amide bonds. The Balaban J connectivity index is 1.58. The van der Waals surface area contributed by atoms with Crippen LogP contribution in [0.3, 0.4) is 0 Å². The van der Waals surface area contributed by atoms with Crippen LogP contribution in [0.5, 0.6) is 0 Å². The third kappa shape index (κ3) is 3.32. The van der Waals surface area contributed by atoms with E-state index in [1.165, 1.54) is 44.9 Å². The maximum Gasteiger partial charge on any atom is 0.136 e. The quantitative estimate of drug-likeness (QED) is 0.445. The summed E-state index contributed by atoms with van der Waals surface area (Å²) < 4.78 is 0. The minimum atomic E-state index is 0.193. The van der Waals surface area contributed by atoms with E-state index in [2.05, 4.69) is 47.6 Å². The van der Waals surface area contributed by atoms with E-state index in [-0.39, 0.29) is 17.9 Å². The molecule has 0 unspecified atom stereocenters. The molecule has 4 aliphatic carbocycles. The average molecular weight is 443 g/mol. The van der Waals surface area contributed by atoms with Crippen molar-refractivity contribution in [1.29, 1.82) is 0 Å². The Hall–Kier alpha value is -0.630. The first-order chi connectivity index (χ1) is 14.9. The first kappa shape index (κ1) is 24.5. The van der Waals surface area contributed by atoms with Crippen LogP contribution in [0.25, 0.3) is 0 Å². The van der Waals surface area contributed by atoms with Crippen molar-refractivity contribution in [3.63, 3.8) is 0 Å². The van der Waals surface area contributed by atoms with Gasteiger partial charge < -0.3 is 5.11 Å². The smallest absolute Gasteiger partial charge is 0.136 e. The van der Waals surface area contributed by atoms with Gasteiger partial charge in [-0.25, -0.2) is 0 Å². The summed E-state index contributed by atoms with van der Waals surface area (Å²) in [5.41, 5.74) is 2.60. The maximum atomic E-state index is 12.7. The van der Waals surface area contributed by atoms with E-state index < -0.39 is 0 Å². The van der Waals surface area contributed by atoms with E-state index in [4.69, 9.17) is 0 Å². The van der Waals surface area contributed by atoms with E-state index in [9.17, 15) is 9.90 Å². The summed E-state index contributed by atoms with van der Waals surface area (Å²) in [6, 6.07) is 0. The highest BCUT2D eigenvalue weighted by molar-refractivity contribution is 5.82. The Morgan fingerprint density at radius 2 is 1.72 bits per heavy atom. The largest absolute Gasteiger partial charge is 0.392 e. The van der Waals surface area contributed by atoms with Gasteiger partial charge >= 0.3 is 0 Å². The zero-order chi connectivity index (χ0) is 23.5. The normalized spacial score (nSPS) is 49.9. The molecule has 4 rings (SSSR count). The Morgan fingerprint density at radius 3 is 2.41 bits per heavy atom. The summed E-state index contributed by atoms with van der Waals surface area (Å²) >= 11 is 0. The van der Waals surface area contributed by atoms with Gasteiger partial charge in [-0.3, -0.25) is 4.79 Å². The molecule has 0 heterocycles. The molecule has 2 nitrogen and oxygen atoms in total. The summed E-state index contributed by atoms with van der Waals surface area (Å²) in [5.74, 6) is 3.85. The van der Waals surface area contributed by atoms with Crippen molar-refractivity contribution in [2.45, 2.75) is 113 Å². The summed E-state index contributed by atoms with van der Waals surface area (Å²) in [6.45, 7) is 17.4. The Kier molecular flexibility index (Phi) is 6.31. The summed E-state index contributed by atoms with van der Waals surface area (Å²) in [7, 11) is 0. The minimum Gasteiger partial charge on any atom is -0.392 e.